The van der Waals surface area contributed by atoms with Crippen LogP contribution in [-0.2, 0) is 4.79 Å². The number of halogens is 3. The second-order valence-corrected chi connectivity index (χ2v) is 11.6. The maximum atomic E-state index is 16.0. The molecule has 4 aromatic rings. The summed E-state index contributed by atoms with van der Waals surface area (Å²) in [5.74, 6) is -1.03. The highest BCUT2D eigenvalue weighted by molar-refractivity contribution is 5.99. The highest BCUT2D eigenvalue weighted by Gasteiger charge is 2.35. The summed E-state index contributed by atoms with van der Waals surface area (Å²) in [6, 6.07) is 6.48. The Morgan fingerprint density at radius 2 is 1.98 bits per heavy atom. The Morgan fingerprint density at radius 3 is 2.73 bits per heavy atom. The van der Waals surface area contributed by atoms with Gasteiger partial charge in [0.2, 0.25) is 5.91 Å². The molecule has 1 amide bonds. The first-order valence-electron chi connectivity index (χ1n) is 15.0. The lowest BCUT2D eigenvalue weighted by atomic mass is 10.1. The summed E-state index contributed by atoms with van der Waals surface area (Å²) in [6.45, 7) is 6.42. The molecule has 45 heavy (non-hydrogen) atoms. The van der Waals surface area contributed by atoms with E-state index in [2.05, 4.69) is 31.4 Å². The number of pyridine rings is 2. The van der Waals surface area contributed by atoms with Crippen LogP contribution in [0.1, 0.15) is 25.7 Å². The summed E-state index contributed by atoms with van der Waals surface area (Å²) in [6.07, 6.45) is 6.21. The molecule has 0 saturated carbocycles. The minimum Gasteiger partial charge on any atom is -0.467 e. The Morgan fingerprint density at radius 1 is 1.16 bits per heavy atom. The molecular formula is C32H35F3N8O2. The lowest BCUT2D eigenvalue weighted by Gasteiger charge is -2.27. The van der Waals surface area contributed by atoms with Gasteiger partial charge in [0.15, 0.2) is 5.82 Å². The number of fused-ring (bicyclic) bond motifs is 3. The number of aromatic nitrogens is 4. The van der Waals surface area contributed by atoms with Gasteiger partial charge in [-0.2, -0.15) is 9.97 Å². The fraction of sp³-hybridized carbons (Fsp3) is 0.406. The fourth-order valence-corrected chi connectivity index (χ4v) is 6.59. The van der Waals surface area contributed by atoms with Crippen LogP contribution in [0.3, 0.4) is 0 Å². The van der Waals surface area contributed by atoms with E-state index in [4.69, 9.17) is 10.5 Å². The molecule has 3 atom stereocenters. The molecule has 7 rings (SSSR count). The van der Waals surface area contributed by atoms with Gasteiger partial charge in [-0.15, -0.1) is 0 Å². The minimum absolute atomic E-state index is 0.0237. The number of rotatable bonds is 5. The molecule has 3 fully saturated rings. The van der Waals surface area contributed by atoms with Gasteiger partial charge < -0.3 is 20.3 Å². The average Bonchev–Trinajstić information content (AvgIpc) is 3.77. The van der Waals surface area contributed by atoms with Crippen LogP contribution in [0.15, 0.2) is 43.1 Å². The number of nitrogen functional groups attached to an aromatic ring is 1. The first-order chi connectivity index (χ1) is 21.7. The average molecular weight is 621 g/mol. The molecule has 236 valence electrons. The number of nitrogens with zero attached hydrogens (tertiary/aromatic N) is 7. The number of benzene rings is 1. The second kappa shape index (κ2) is 12.5. The summed E-state index contributed by atoms with van der Waals surface area (Å²) in [7, 11) is 3.19. The smallest absolute Gasteiger partial charge is 0.318 e. The van der Waals surface area contributed by atoms with Crippen molar-refractivity contribution in [2.45, 2.75) is 43.9 Å². The number of ether oxygens (including phenoxy) is 1. The van der Waals surface area contributed by atoms with E-state index in [0.29, 0.717) is 48.7 Å². The summed E-state index contributed by atoms with van der Waals surface area (Å²) >= 11 is 0. The van der Waals surface area contributed by atoms with Crippen molar-refractivity contribution in [2.75, 3.05) is 51.0 Å². The summed E-state index contributed by atoms with van der Waals surface area (Å²) in [5, 5.41) is 0.912. The maximum absolute atomic E-state index is 16.0. The number of methoxy groups -OCH3 is 1. The normalized spacial score (nSPS) is 21.1. The Labute approximate surface area is 258 Å². The molecule has 0 bridgehead atoms. The highest BCUT2D eigenvalue weighted by atomic mass is 19.1. The van der Waals surface area contributed by atoms with Crippen molar-refractivity contribution in [2.24, 2.45) is 0 Å². The van der Waals surface area contributed by atoms with E-state index >= 15 is 4.39 Å². The van der Waals surface area contributed by atoms with E-state index in [1.165, 1.54) is 50.4 Å². The summed E-state index contributed by atoms with van der Waals surface area (Å²) in [4.78, 5) is 35.0. The molecule has 0 spiro atoms. The zero-order valence-corrected chi connectivity index (χ0v) is 25.2. The molecule has 6 heterocycles. The Balaban J connectivity index is 0.000000337. The number of nitrogens with two attached hydrogens (primary N) is 1. The highest BCUT2D eigenvalue weighted by Crippen LogP contribution is 2.36. The van der Waals surface area contributed by atoms with Crippen molar-refractivity contribution in [3.8, 4) is 17.4 Å². The number of carbonyl (C=O) groups excluding carboxylic acids is 1. The minimum atomic E-state index is -0.805. The molecule has 2 N–H and O–H groups in total. The zero-order valence-electron chi connectivity index (χ0n) is 25.2. The fourth-order valence-electron chi connectivity index (χ4n) is 6.59. The molecular weight excluding hydrogens is 585 g/mol. The number of hydrogen-bond acceptors (Lipinski definition) is 9. The molecule has 0 aliphatic carbocycles. The molecule has 13 heteroatoms. The van der Waals surface area contributed by atoms with Crippen molar-refractivity contribution in [1.29, 1.82) is 0 Å². The van der Waals surface area contributed by atoms with E-state index in [0.717, 1.165) is 13.0 Å². The van der Waals surface area contributed by atoms with Crippen molar-refractivity contribution >= 4 is 39.2 Å². The number of anilines is 2. The predicted molar refractivity (Wildman–Crippen MR) is 167 cm³/mol. The van der Waals surface area contributed by atoms with Crippen LogP contribution in [0.25, 0.3) is 33.1 Å². The SMILES string of the molecule is C=CC(=O)N1CCC(N(C)c2nc(OC)nc3c(F)c(-c4nc(N)cc5cccc(F)c45)ncc23)C1.FC1CC2CCCN2C1. The second-order valence-electron chi connectivity index (χ2n) is 11.6. The Kier molecular flexibility index (Phi) is 8.45. The third kappa shape index (κ3) is 5.84. The predicted octanol–water partition coefficient (Wildman–Crippen LogP) is 4.52. The van der Waals surface area contributed by atoms with Gasteiger partial charge >= 0.3 is 6.01 Å². The first kappa shape index (κ1) is 30.5. The number of likely N-dealkylation sites (tertiary alicyclic amines) is 1. The number of amides is 1. The van der Waals surface area contributed by atoms with Crippen molar-refractivity contribution in [3.05, 3.63) is 54.8 Å². The van der Waals surface area contributed by atoms with Gasteiger partial charge in [0.05, 0.1) is 12.5 Å². The van der Waals surface area contributed by atoms with Crippen molar-refractivity contribution in [3.63, 3.8) is 0 Å². The van der Waals surface area contributed by atoms with Crippen LogP contribution in [0.2, 0.25) is 0 Å². The lowest BCUT2D eigenvalue weighted by molar-refractivity contribution is -0.125. The van der Waals surface area contributed by atoms with Crippen LogP contribution < -0.4 is 15.4 Å². The topological polar surface area (TPSA) is 114 Å². The van der Waals surface area contributed by atoms with Gasteiger partial charge in [-0.05, 0) is 55.8 Å². The standard InChI is InChI=1S/C25H23F2N7O2.C7H12FN/c1-4-18(35)34-9-8-14(12-34)33(2)24-15-11-29-23(20(27)21(15)31-25(32-24)36-3)22-19-13(10-17(28)30-22)6-5-7-16(19)26;8-6-4-7-2-1-3-9(7)5-6/h4-7,10-11,14H,1,8-9,12H2,2-3H3,(H2,28,30);6-7H,1-5H2. The lowest BCUT2D eigenvalue weighted by Crippen LogP contribution is -2.36. The number of alkyl halides is 1. The van der Waals surface area contributed by atoms with Gasteiger partial charge in [-0.25, -0.2) is 18.2 Å². The van der Waals surface area contributed by atoms with E-state index in [-0.39, 0.29) is 46.1 Å². The van der Waals surface area contributed by atoms with Gasteiger partial charge in [-0.3, -0.25) is 14.7 Å². The molecule has 3 unspecified atom stereocenters. The third-order valence-electron chi connectivity index (χ3n) is 8.87. The number of likely N-dealkylation sites (N-methyl/N-ethyl adjacent to an activating group) is 1. The molecule has 3 aliphatic heterocycles. The van der Waals surface area contributed by atoms with Crippen LogP contribution in [0, 0.1) is 11.6 Å². The van der Waals surface area contributed by atoms with Crippen molar-refractivity contribution < 1.29 is 22.7 Å². The van der Waals surface area contributed by atoms with Gasteiger partial charge in [0.25, 0.3) is 0 Å². The molecule has 3 aliphatic rings. The summed E-state index contributed by atoms with van der Waals surface area (Å²) < 4.78 is 48.6. The molecule has 3 saturated heterocycles. The van der Waals surface area contributed by atoms with Crippen molar-refractivity contribution in [1.82, 2.24) is 29.7 Å². The first-order valence-corrected chi connectivity index (χ1v) is 15.0. The molecule has 1 aromatic carbocycles. The van der Waals surface area contributed by atoms with Crippen LogP contribution in [0.4, 0.5) is 24.8 Å². The zero-order chi connectivity index (χ0) is 31.8. The van der Waals surface area contributed by atoms with E-state index in [9.17, 15) is 13.6 Å². The largest absolute Gasteiger partial charge is 0.467 e. The molecule has 0 radical (unpaired) electrons. The number of carbonyl (C=O) groups is 1. The molecule has 3 aromatic heterocycles. The van der Waals surface area contributed by atoms with Gasteiger partial charge in [0, 0.05) is 50.3 Å². The van der Waals surface area contributed by atoms with Crippen LogP contribution in [-0.4, -0.2) is 94.2 Å². The quantitative estimate of drug-likeness (QED) is 0.322. The van der Waals surface area contributed by atoms with Gasteiger partial charge in [-0.1, -0.05) is 18.7 Å². The van der Waals surface area contributed by atoms with Gasteiger partial charge in [0.1, 0.15) is 40.5 Å². The monoisotopic (exact) mass is 620 g/mol. The Bertz CT molecular complexity index is 1760. The van der Waals surface area contributed by atoms with E-state index in [1.807, 2.05) is 11.9 Å². The van der Waals surface area contributed by atoms with E-state index < -0.39 is 17.8 Å². The van der Waals surface area contributed by atoms with E-state index in [1.54, 1.807) is 11.0 Å². The number of hydrogen-bond donors (Lipinski definition) is 1. The summed E-state index contributed by atoms with van der Waals surface area (Å²) in [5.41, 5.74) is 5.65. The van der Waals surface area contributed by atoms with Crippen LogP contribution >= 0.6 is 0 Å². The van der Waals surface area contributed by atoms with Crippen LogP contribution in [0.5, 0.6) is 6.01 Å². The Hall–Kier alpha value is -4.52. The maximum Gasteiger partial charge on any atom is 0.318 e. The third-order valence-corrected chi connectivity index (χ3v) is 8.87. The molecule has 10 nitrogen and oxygen atoms in total.